The van der Waals surface area contributed by atoms with Crippen molar-refractivity contribution >= 4 is 16.7 Å². The van der Waals surface area contributed by atoms with Crippen LogP contribution in [-0.2, 0) is 10.8 Å². The fraction of sp³-hybridized carbons (Fsp3) is 0.393. The predicted octanol–water partition coefficient (Wildman–Crippen LogP) is 6.02. The molecule has 0 fully saturated rings. The highest BCUT2D eigenvalue weighted by Gasteiger charge is 2.37. The van der Waals surface area contributed by atoms with Gasteiger partial charge in [-0.3, -0.25) is 4.79 Å². The molecule has 0 saturated heterocycles. The van der Waals surface area contributed by atoms with Crippen molar-refractivity contribution in [1.82, 2.24) is 5.32 Å². The first-order valence-electron chi connectivity index (χ1n) is 11.3. The lowest BCUT2D eigenvalue weighted by molar-refractivity contribution is 0.0956. The second-order valence-corrected chi connectivity index (χ2v) is 10.2. The molecule has 2 N–H and O–H groups in total. The topological polar surface area (TPSA) is 49.3 Å². The van der Waals surface area contributed by atoms with E-state index in [0.29, 0.717) is 12.1 Å². The lowest BCUT2D eigenvalue weighted by Crippen LogP contribution is -2.34. The average Bonchev–Trinajstić information content (AvgIpc) is 2.75. The molecule has 1 atom stereocenters. The Labute approximate surface area is 185 Å². The molecule has 3 aromatic carbocycles. The number of fused-ring (bicyclic) bond motifs is 2. The SMILES string of the molecule is CCNC(=O)c1ccc2cc(C(O)c3ccc4c(c3)C(C)(C)CCC4(C)C)ccc2c1. The van der Waals surface area contributed by atoms with Crippen LogP contribution in [0.3, 0.4) is 0 Å². The number of aliphatic hydroxyl groups is 1. The van der Waals surface area contributed by atoms with Crippen LogP contribution in [0.25, 0.3) is 10.8 Å². The zero-order chi connectivity index (χ0) is 22.4. The molecular formula is C28H33NO2. The molecule has 1 aliphatic carbocycles. The van der Waals surface area contributed by atoms with Crippen LogP contribution in [0.5, 0.6) is 0 Å². The van der Waals surface area contributed by atoms with Gasteiger partial charge in [-0.2, -0.15) is 0 Å². The van der Waals surface area contributed by atoms with Crippen molar-refractivity contribution in [3.05, 3.63) is 82.4 Å². The quantitative estimate of drug-likeness (QED) is 0.547. The van der Waals surface area contributed by atoms with Crippen LogP contribution in [0.2, 0.25) is 0 Å². The molecule has 162 valence electrons. The summed E-state index contributed by atoms with van der Waals surface area (Å²) in [6, 6.07) is 18.2. The Bertz CT molecular complexity index is 1140. The van der Waals surface area contributed by atoms with Crippen LogP contribution in [-0.4, -0.2) is 17.6 Å². The van der Waals surface area contributed by atoms with Crippen molar-refractivity contribution in [2.24, 2.45) is 0 Å². The Balaban J connectivity index is 1.69. The number of benzene rings is 3. The highest BCUT2D eigenvalue weighted by atomic mass is 16.3. The van der Waals surface area contributed by atoms with E-state index in [1.54, 1.807) is 0 Å². The molecule has 4 rings (SSSR count). The van der Waals surface area contributed by atoms with Gasteiger partial charge in [-0.1, -0.05) is 64.1 Å². The Morgan fingerprint density at radius 2 is 1.45 bits per heavy atom. The van der Waals surface area contributed by atoms with E-state index < -0.39 is 6.10 Å². The predicted molar refractivity (Wildman–Crippen MR) is 128 cm³/mol. The van der Waals surface area contributed by atoms with Gasteiger partial charge in [0.05, 0.1) is 0 Å². The number of nitrogens with one attached hydrogen (secondary N) is 1. The zero-order valence-corrected chi connectivity index (χ0v) is 19.3. The van der Waals surface area contributed by atoms with E-state index in [2.05, 4.69) is 51.2 Å². The number of rotatable bonds is 4. The normalized spacial score (nSPS) is 17.7. The van der Waals surface area contributed by atoms with Crippen LogP contribution in [0, 0.1) is 0 Å². The number of hydrogen-bond donors (Lipinski definition) is 2. The molecular weight excluding hydrogens is 382 g/mol. The molecule has 0 spiro atoms. The monoisotopic (exact) mass is 415 g/mol. The number of aliphatic hydroxyl groups excluding tert-OH is 1. The van der Waals surface area contributed by atoms with Crippen LogP contribution >= 0.6 is 0 Å². The Kier molecular flexibility index (Phi) is 5.43. The van der Waals surface area contributed by atoms with Gasteiger partial charge in [-0.15, -0.1) is 0 Å². The summed E-state index contributed by atoms with van der Waals surface area (Å²) in [5, 5.41) is 16.0. The van der Waals surface area contributed by atoms with E-state index in [1.165, 1.54) is 17.5 Å². The lowest BCUT2D eigenvalue weighted by Gasteiger charge is -2.42. The summed E-state index contributed by atoms with van der Waals surface area (Å²) in [4.78, 5) is 12.1. The first kappa shape index (κ1) is 21.6. The fourth-order valence-electron chi connectivity index (χ4n) is 4.81. The van der Waals surface area contributed by atoms with Crippen LogP contribution in [0.15, 0.2) is 54.6 Å². The summed E-state index contributed by atoms with van der Waals surface area (Å²) in [7, 11) is 0. The van der Waals surface area contributed by atoms with Crippen molar-refractivity contribution in [2.45, 2.75) is 64.4 Å². The average molecular weight is 416 g/mol. The largest absolute Gasteiger partial charge is 0.384 e. The maximum Gasteiger partial charge on any atom is 0.251 e. The van der Waals surface area contributed by atoms with Gasteiger partial charge in [0.15, 0.2) is 0 Å². The third kappa shape index (κ3) is 3.99. The summed E-state index contributed by atoms with van der Waals surface area (Å²) in [5.41, 5.74) is 5.48. The smallest absolute Gasteiger partial charge is 0.251 e. The molecule has 0 aromatic heterocycles. The van der Waals surface area contributed by atoms with Crippen molar-refractivity contribution < 1.29 is 9.90 Å². The van der Waals surface area contributed by atoms with Gasteiger partial charge in [-0.25, -0.2) is 0 Å². The van der Waals surface area contributed by atoms with Crippen molar-refractivity contribution in [2.75, 3.05) is 6.54 Å². The van der Waals surface area contributed by atoms with E-state index in [9.17, 15) is 9.90 Å². The molecule has 1 aliphatic rings. The molecule has 1 amide bonds. The van der Waals surface area contributed by atoms with Gasteiger partial charge in [0, 0.05) is 12.1 Å². The Hall–Kier alpha value is -2.65. The molecule has 0 bridgehead atoms. The van der Waals surface area contributed by atoms with E-state index in [1.807, 2.05) is 43.3 Å². The van der Waals surface area contributed by atoms with Crippen molar-refractivity contribution in [3.8, 4) is 0 Å². The number of hydrogen-bond acceptors (Lipinski definition) is 2. The highest BCUT2D eigenvalue weighted by Crippen LogP contribution is 2.46. The second-order valence-electron chi connectivity index (χ2n) is 10.2. The summed E-state index contributed by atoms with van der Waals surface area (Å²) in [6.45, 7) is 11.8. The van der Waals surface area contributed by atoms with Gasteiger partial charge < -0.3 is 10.4 Å². The summed E-state index contributed by atoms with van der Waals surface area (Å²) in [6.07, 6.45) is 1.65. The van der Waals surface area contributed by atoms with Crippen LogP contribution in [0.4, 0.5) is 0 Å². The Morgan fingerprint density at radius 1 is 0.871 bits per heavy atom. The number of carbonyl (C=O) groups is 1. The van der Waals surface area contributed by atoms with E-state index in [-0.39, 0.29) is 16.7 Å². The molecule has 3 heteroatoms. The maximum absolute atomic E-state index is 12.1. The molecule has 31 heavy (non-hydrogen) atoms. The lowest BCUT2D eigenvalue weighted by atomic mass is 9.63. The third-order valence-corrected chi connectivity index (χ3v) is 6.97. The fourth-order valence-corrected chi connectivity index (χ4v) is 4.81. The molecule has 3 nitrogen and oxygen atoms in total. The summed E-state index contributed by atoms with van der Waals surface area (Å²) < 4.78 is 0. The van der Waals surface area contributed by atoms with Crippen molar-refractivity contribution in [1.29, 1.82) is 0 Å². The van der Waals surface area contributed by atoms with Crippen LogP contribution < -0.4 is 5.32 Å². The van der Waals surface area contributed by atoms with Gasteiger partial charge in [0.1, 0.15) is 6.10 Å². The first-order chi connectivity index (χ1) is 14.6. The number of carbonyl (C=O) groups excluding carboxylic acids is 1. The molecule has 3 aromatic rings. The van der Waals surface area contributed by atoms with Crippen molar-refractivity contribution in [3.63, 3.8) is 0 Å². The third-order valence-electron chi connectivity index (χ3n) is 6.97. The molecule has 0 saturated carbocycles. The second kappa shape index (κ2) is 7.80. The zero-order valence-electron chi connectivity index (χ0n) is 19.3. The molecule has 1 unspecified atom stereocenters. The maximum atomic E-state index is 12.1. The highest BCUT2D eigenvalue weighted by molar-refractivity contribution is 5.98. The van der Waals surface area contributed by atoms with Gasteiger partial charge >= 0.3 is 0 Å². The molecule has 0 heterocycles. The van der Waals surface area contributed by atoms with Crippen LogP contribution in [0.1, 0.15) is 86.2 Å². The van der Waals surface area contributed by atoms with E-state index in [0.717, 1.165) is 28.3 Å². The molecule has 0 aliphatic heterocycles. The van der Waals surface area contributed by atoms with Gasteiger partial charge in [0.2, 0.25) is 0 Å². The minimum Gasteiger partial charge on any atom is -0.384 e. The van der Waals surface area contributed by atoms with Gasteiger partial charge in [0.25, 0.3) is 5.91 Å². The molecule has 0 radical (unpaired) electrons. The summed E-state index contributed by atoms with van der Waals surface area (Å²) in [5.74, 6) is -0.0619. The Morgan fingerprint density at radius 3 is 2.16 bits per heavy atom. The van der Waals surface area contributed by atoms with Gasteiger partial charge in [-0.05, 0) is 81.8 Å². The van der Waals surface area contributed by atoms with E-state index >= 15 is 0 Å². The first-order valence-corrected chi connectivity index (χ1v) is 11.3. The minimum atomic E-state index is -0.682. The van der Waals surface area contributed by atoms with E-state index in [4.69, 9.17) is 0 Å². The number of amides is 1. The standard InChI is InChI=1S/C28H33NO2/c1-6-29-26(31)22-10-8-18-15-20(9-7-19(18)16-22)25(30)21-11-12-23-24(17-21)28(4,5)14-13-27(23,2)3/h7-12,15-17,25,30H,6,13-14H2,1-5H3,(H,29,31). The summed E-state index contributed by atoms with van der Waals surface area (Å²) >= 11 is 0. The minimum absolute atomic E-state index is 0.0619.